The Kier molecular flexibility index (Phi) is 6.13. The number of benzene rings is 2. The molecule has 0 bridgehead atoms. The minimum Gasteiger partial charge on any atom is -0.452 e. The highest BCUT2D eigenvalue weighted by Crippen LogP contribution is 2.19. The van der Waals surface area contributed by atoms with Gasteiger partial charge in [0, 0.05) is 16.4 Å². The first-order valence-electron chi connectivity index (χ1n) is 6.92. The van der Waals surface area contributed by atoms with Crippen LogP contribution in [0, 0.1) is 0 Å². The lowest BCUT2D eigenvalue weighted by Crippen LogP contribution is -2.21. The third-order valence-electron chi connectivity index (χ3n) is 2.93. The minimum atomic E-state index is -2.93. The molecule has 0 saturated heterocycles. The third-order valence-corrected chi connectivity index (χ3v) is 3.17. The Bertz CT molecular complexity index is 769. The molecule has 0 unspecified atom stereocenters. The number of nitrogens with one attached hydrogen (secondary N) is 1. The molecule has 9 heteroatoms. The molecule has 0 heterocycles. The molecule has 0 atom stereocenters. The number of nitrogens with two attached hydrogens (primary N) is 1. The first kappa shape index (κ1) is 18.5. The van der Waals surface area contributed by atoms with Gasteiger partial charge in [-0.25, -0.2) is 4.79 Å². The predicted octanol–water partition coefficient (Wildman–Crippen LogP) is 3.32. The Morgan fingerprint density at radius 3 is 2.44 bits per heavy atom. The number of rotatable bonds is 6. The second-order valence-electron chi connectivity index (χ2n) is 4.76. The number of anilines is 2. The summed E-state index contributed by atoms with van der Waals surface area (Å²) < 4.78 is 33.1. The van der Waals surface area contributed by atoms with Gasteiger partial charge in [-0.2, -0.15) is 8.78 Å². The van der Waals surface area contributed by atoms with Crippen molar-refractivity contribution >= 4 is 34.9 Å². The molecule has 2 rings (SSSR count). The van der Waals surface area contributed by atoms with E-state index in [1.54, 1.807) is 0 Å². The van der Waals surface area contributed by atoms with E-state index in [1.165, 1.54) is 42.5 Å². The highest BCUT2D eigenvalue weighted by Gasteiger charge is 2.14. The van der Waals surface area contributed by atoms with Crippen molar-refractivity contribution in [2.24, 2.45) is 0 Å². The van der Waals surface area contributed by atoms with Crippen LogP contribution in [-0.4, -0.2) is 25.1 Å². The average molecular weight is 371 g/mol. The van der Waals surface area contributed by atoms with Gasteiger partial charge in [-0.1, -0.05) is 11.6 Å². The summed E-state index contributed by atoms with van der Waals surface area (Å²) in [6, 6.07) is 9.52. The van der Waals surface area contributed by atoms with Gasteiger partial charge in [0.1, 0.15) is 5.75 Å². The zero-order chi connectivity index (χ0) is 18.4. The van der Waals surface area contributed by atoms with Crippen LogP contribution in [0.3, 0.4) is 0 Å². The van der Waals surface area contributed by atoms with Crippen LogP contribution >= 0.6 is 11.6 Å². The smallest absolute Gasteiger partial charge is 0.387 e. The molecule has 2 aromatic carbocycles. The fourth-order valence-corrected chi connectivity index (χ4v) is 2.03. The Balaban J connectivity index is 1.86. The zero-order valence-corrected chi connectivity index (χ0v) is 13.4. The number of hydrogen-bond donors (Lipinski definition) is 2. The van der Waals surface area contributed by atoms with Crippen molar-refractivity contribution in [2.45, 2.75) is 6.61 Å². The number of halogens is 3. The van der Waals surface area contributed by atoms with Gasteiger partial charge in [-0.3, -0.25) is 4.79 Å². The molecule has 0 aromatic heterocycles. The first-order chi connectivity index (χ1) is 11.8. The normalized spacial score (nSPS) is 10.4. The average Bonchev–Trinajstić information content (AvgIpc) is 2.54. The molecule has 0 spiro atoms. The van der Waals surface area contributed by atoms with Gasteiger partial charge in [0.15, 0.2) is 6.61 Å². The Hall–Kier alpha value is -2.87. The maximum Gasteiger partial charge on any atom is 0.387 e. The number of ether oxygens (including phenoxy) is 2. The second-order valence-corrected chi connectivity index (χ2v) is 5.20. The lowest BCUT2D eigenvalue weighted by atomic mass is 10.2. The molecule has 0 aliphatic carbocycles. The van der Waals surface area contributed by atoms with Crippen LogP contribution in [0.2, 0.25) is 5.02 Å². The summed E-state index contributed by atoms with van der Waals surface area (Å²) in [5.41, 5.74) is 6.20. The van der Waals surface area contributed by atoms with Gasteiger partial charge < -0.3 is 20.5 Å². The third kappa shape index (κ3) is 5.61. The molecule has 2 aromatic rings. The molecule has 1 amide bonds. The van der Waals surface area contributed by atoms with E-state index in [1.807, 2.05) is 0 Å². The van der Waals surface area contributed by atoms with Crippen LogP contribution < -0.4 is 15.8 Å². The van der Waals surface area contributed by atoms with E-state index in [4.69, 9.17) is 22.1 Å². The van der Waals surface area contributed by atoms with Crippen LogP contribution in [0.4, 0.5) is 20.2 Å². The molecule has 0 radical (unpaired) electrons. The van der Waals surface area contributed by atoms with Crippen molar-refractivity contribution in [1.82, 2.24) is 0 Å². The quantitative estimate of drug-likeness (QED) is 0.601. The van der Waals surface area contributed by atoms with E-state index >= 15 is 0 Å². The number of hydrogen-bond acceptors (Lipinski definition) is 5. The summed E-state index contributed by atoms with van der Waals surface area (Å²) in [5.74, 6) is -1.42. The van der Waals surface area contributed by atoms with Crippen LogP contribution in [-0.2, 0) is 9.53 Å². The number of esters is 1. The number of carbonyl (C=O) groups excluding carboxylic acids is 2. The van der Waals surface area contributed by atoms with Gasteiger partial charge in [-0.05, 0) is 42.5 Å². The van der Waals surface area contributed by atoms with Crippen molar-refractivity contribution < 1.29 is 27.8 Å². The van der Waals surface area contributed by atoms with Gasteiger partial charge >= 0.3 is 12.6 Å². The number of alkyl halides is 2. The van der Waals surface area contributed by atoms with E-state index in [9.17, 15) is 18.4 Å². The topological polar surface area (TPSA) is 90.7 Å². The van der Waals surface area contributed by atoms with E-state index in [0.717, 1.165) is 0 Å². The lowest BCUT2D eigenvalue weighted by Gasteiger charge is -2.09. The molecule has 132 valence electrons. The maximum absolute atomic E-state index is 12.0. The maximum atomic E-state index is 12.0. The highest BCUT2D eigenvalue weighted by atomic mass is 35.5. The van der Waals surface area contributed by atoms with E-state index in [2.05, 4.69) is 10.1 Å². The highest BCUT2D eigenvalue weighted by molar-refractivity contribution is 6.31. The van der Waals surface area contributed by atoms with Crippen LogP contribution in [0.1, 0.15) is 10.4 Å². The molecule has 0 saturated carbocycles. The molecular formula is C16H13ClF2N2O4. The Morgan fingerprint density at radius 1 is 1.16 bits per heavy atom. The summed E-state index contributed by atoms with van der Waals surface area (Å²) in [6.07, 6.45) is 0. The molecule has 25 heavy (non-hydrogen) atoms. The first-order valence-corrected chi connectivity index (χ1v) is 7.30. The lowest BCUT2D eigenvalue weighted by molar-refractivity contribution is -0.119. The van der Waals surface area contributed by atoms with Crippen LogP contribution in [0.5, 0.6) is 5.75 Å². The molecule has 3 N–H and O–H groups in total. The largest absolute Gasteiger partial charge is 0.452 e. The monoisotopic (exact) mass is 370 g/mol. The number of carbonyl (C=O) groups is 2. The SMILES string of the molecule is Nc1cc(Cl)ccc1C(=O)OCC(=O)Nc1ccc(OC(F)F)cc1. The Morgan fingerprint density at radius 2 is 1.84 bits per heavy atom. The van der Waals surface area contributed by atoms with Crippen molar-refractivity contribution in [1.29, 1.82) is 0 Å². The summed E-state index contributed by atoms with van der Waals surface area (Å²) >= 11 is 5.73. The van der Waals surface area contributed by atoms with Gasteiger partial charge in [0.25, 0.3) is 5.91 Å². The van der Waals surface area contributed by atoms with Crippen molar-refractivity contribution in [3.63, 3.8) is 0 Å². The zero-order valence-electron chi connectivity index (χ0n) is 12.7. The predicted molar refractivity (Wildman–Crippen MR) is 87.9 cm³/mol. The molecule has 0 fully saturated rings. The minimum absolute atomic E-state index is 0.0439. The summed E-state index contributed by atoms with van der Waals surface area (Å²) in [6.45, 7) is -3.48. The Labute approximate surface area is 146 Å². The van der Waals surface area contributed by atoms with Crippen LogP contribution in [0.15, 0.2) is 42.5 Å². The summed E-state index contributed by atoms with van der Waals surface area (Å²) in [7, 11) is 0. The summed E-state index contributed by atoms with van der Waals surface area (Å²) in [5, 5.41) is 2.81. The number of nitrogen functional groups attached to an aromatic ring is 1. The van der Waals surface area contributed by atoms with E-state index < -0.39 is 25.1 Å². The van der Waals surface area contributed by atoms with Crippen molar-refractivity contribution in [3.05, 3.63) is 53.1 Å². The molecule has 0 aliphatic heterocycles. The van der Waals surface area contributed by atoms with Gasteiger partial charge in [0.2, 0.25) is 0 Å². The van der Waals surface area contributed by atoms with Gasteiger partial charge in [-0.15, -0.1) is 0 Å². The van der Waals surface area contributed by atoms with E-state index in [0.29, 0.717) is 10.7 Å². The summed E-state index contributed by atoms with van der Waals surface area (Å²) in [4.78, 5) is 23.6. The van der Waals surface area contributed by atoms with Crippen LogP contribution in [0.25, 0.3) is 0 Å². The van der Waals surface area contributed by atoms with E-state index in [-0.39, 0.29) is 17.0 Å². The van der Waals surface area contributed by atoms with Gasteiger partial charge in [0.05, 0.1) is 5.56 Å². The standard InChI is InChI=1S/C16H13ClF2N2O4/c17-9-1-6-12(13(20)7-9)15(23)24-8-14(22)21-10-2-4-11(5-3-10)25-16(18)19/h1-7,16H,8,20H2,(H,21,22). The number of amides is 1. The molecule has 0 aliphatic rings. The van der Waals surface area contributed by atoms with Crippen molar-refractivity contribution in [3.8, 4) is 5.75 Å². The molecule has 6 nitrogen and oxygen atoms in total. The fraction of sp³-hybridized carbons (Fsp3) is 0.125. The fourth-order valence-electron chi connectivity index (χ4n) is 1.85. The molecular weight excluding hydrogens is 358 g/mol. The van der Waals surface area contributed by atoms with Crippen molar-refractivity contribution in [2.75, 3.05) is 17.7 Å². The second kappa shape index (κ2) is 8.29.